The van der Waals surface area contributed by atoms with Gasteiger partial charge in [-0.05, 0) is 72.3 Å². The minimum Gasteiger partial charge on any atom is -0.454 e. The van der Waals surface area contributed by atoms with Gasteiger partial charge in [-0.25, -0.2) is 9.37 Å². The molecule has 0 spiro atoms. The topological polar surface area (TPSA) is 39.5 Å². The fourth-order valence-corrected chi connectivity index (χ4v) is 5.02. The van der Waals surface area contributed by atoms with E-state index in [9.17, 15) is 4.39 Å². The van der Waals surface area contributed by atoms with E-state index in [0.717, 1.165) is 67.6 Å². The summed E-state index contributed by atoms with van der Waals surface area (Å²) in [6.45, 7) is 5.63. The normalized spacial score (nSPS) is 12.4. The molecule has 1 aromatic heterocycles. The van der Waals surface area contributed by atoms with Crippen molar-refractivity contribution in [1.29, 1.82) is 0 Å². The summed E-state index contributed by atoms with van der Waals surface area (Å²) >= 11 is 1.75. The van der Waals surface area contributed by atoms with E-state index in [1.807, 2.05) is 24.4 Å². The third-order valence-corrected chi connectivity index (χ3v) is 7.31. The first-order valence-electron chi connectivity index (χ1n) is 12.7. The highest BCUT2D eigenvalue weighted by Crippen LogP contribution is 2.33. The molecule has 2 heterocycles. The van der Waals surface area contributed by atoms with Crippen molar-refractivity contribution in [1.82, 2.24) is 14.5 Å². The van der Waals surface area contributed by atoms with Gasteiger partial charge in [0.05, 0.1) is 11.9 Å². The van der Waals surface area contributed by atoms with Crippen molar-refractivity contribution in [3.63, 3.8) is 0 Å². The molecule has 0 unspecified atom stereocenters. The van der Waals surface area contributed by atoms with E-state index in [4.69, 9.17) is 14.5 Å². The molecule has 5 rings (SSSR count). The molecule has 0 atom stereocenters. The van der Waals surface area contributed by atoms with Gasteiger partial charge in [0, 0.05) is 36.6 Å². The number of nitrogens with zero attached hydrogens (tertiary/aromatic N) is 3. The molecule has 0 fully saturated rings. The van der Waals surface area contributed by atoms with Crippen LogP contribution in [-0.4, -0.2) is 27.5 Å². The number of hydrogen-bond acceptors (Lipinski definition) is 5. The molecule has 1 aliphatic heterocycles. The lowest BCUT2D eigenvalue weighted by molar-refractivity contribution is 0.174. The maximum atomic E-state index is 13.6. The number of aromatic nitrogens is 2. The molecule has 7 heteroatoms. The molecule has 37 heavy (non-hydrogen) atoms. The van der Waals surface area contributed by atoms with Crippen LogP contribution in [0, 0.1) is 5.82 Å². The van der Waals surface area contributed by atoms with Gasteiger partial charge >= 0.3 is 0 Å². The third-order valence-electron chi connectivity index (χ3n) is 6.57. The molecule has 0 saturated carbocycles. The largest absolute Gasteiger partial charge is 0.454 e. The second kappa shape index (κ2) is 11.8. The Morgan fingerprint density at radius 2 is 1.65 bits per heavy atom. The van der Waals surface area contributed by atoms with E-state index in [0.29, 0.717) is 0 Å². The number of thioether (sulfide) groups is 1. The predicted molar refractivity (Wildman–Crippen MR) is 146 cm³/mol. The number of imidazole rings is 1. The highest BCUT2D eigenvalue weighted by Gasteiger charge is 2.18. The van der Waals surface area contributed by atoms with E-state index in [2.05, 4.69) is 59.0 Å². The van der Waals surface area contributed by atoms with Crippen molar-refractivity contribution in [2.45, 2.75) is 50.8 Å². The zero-order valence-electron chi connectivity index (χ0n) is 21.3. The average Bonchev–Trinajstić information content (AvgIpc) is 3.55. The van der Waals surface area contributed by atoms with Crippen LogP contribution in [-0.2, 0) is 26.2 Å². The molecule has 4 aromatic rings. The quantitative estimate of drug-likeness (QED) is 0.198. The molecule has 0 N–H and O–H groups in total. The van der Waals surface area contributed by atoms with Crippen molar-refractivity contribution in [3.05, 3.63) is 95.6 Å². The Morgan fingerprint density at radius 3 is 2.41 bits per heavy atom. The SMILES string of the molecule is CCCCn1c(CN(Cc2ccc(SC)cc2)Cc2ccc3c(c2)OCO3)cnc1-c1ccc(F)cc1. The Labute approximate surface area is 222 Å². The number of rotatable bonds is 11. The van der Waals surface area contributed by atoms with Crippen molar-refractivity contribution in [3.8, 4) is 22.9 Å². The second-order valence-corrected chi connectivity index (χ2v) is 10.1. The van der Waals surface area contributed by atoms with Crippen molar-refractivity contribution >= 4 is 11.8 Å². The fraction of sp³-hybridized carbons (Fsp3) is 0.300. The molecule has 0 bridgehead atoms. The summed E-state index contributed by atoms with van der Waals surface area (Å²) in [6, 6.07) is 21.5. The first-order valence-corrected chi connectivity index (χ1v) is 13.9. The third kappa shape index (κ3) is 6.17. The number of fused-ring (bicyclic) bond motifs is 1. The Morgan fingerprint density at radius 1 is 0.919 bits per heavy atom. The summed E-state index contributed by atoms with van der Waals surface area (Å²) in [5.74, 6) is 2.24. The molecule has 0 saturated heterocycles. The van der Waals surface area contributed by atoms with Gasteiger partial charge in [-0.15, -0.1) is 11.8 Å². The van der Waals surface area contributed by atoms with E-state index in [-0.39, 0.29) is 12.6 Å². The molecule has 0 amide bonds. The van der Waals surface area contributed by atoms with Crippen LogP contribution in [0.4, 0.5) is 4.39 Å². The first kappa shape index (κ1) is 25.4. The van der Waals surface area contributed by atoms with Crippen LogP contribution in [0.3, 0.4) is 0 Å². The minimum atomic E-state index is -0.238. The standard InChI is InChI=1S/C30H32FN3O2S/c1-3-4-15-34-26(17-32-30(34)24-8-10-25(31)11-9-24)20-33(18-22-5-12-27(37-2)13-6-22)19-23-7-14-28-29(16-23)36-21-35-28/h5-14,16-17H,3-4,15,18-21H2,1-2H3. The summed E-state index contributed by atoms with van der Waals surface area (Å²) in [4.78, 5) is 8.47. The highest BCUT2D eigenvalue weighted by molar-refractivity contribution is 7.98. The number of halogens is 1. The van der Waals surface area contributed by atoms with Crippen LogP contribution in [0.5, 0.6) is 11.5 Å². The summed E-state index contributed by atoms with van der Waals surface area (Å²) < 4.78 is 27.0. The van der Waals surface area contributed by atoms with Gasteiger partial charge < -0.3 is 14.0 Å². The van der Waals surface area contributed by atoms with E-state index >= 15 is 0 Å². The summed E-state index contributed by atoms with van der Waals surface area (Å²) in [6.07, 6.45) is 6.20. The fourth-order valence-electron chi connectivity index (χ4n) is 4.62. The van der Waals surface area contributed by atoms with Gasteiger partial charge in [-0.2, -0.15) is 0 Å². The van der Waals surface area contributed by atoms with E-state index in [1.165, 1.54) is 28.2 Å². The average molecular weight is 518 g/mol. The smallest absolute Gasteiger partial charge is 0.231 e. The predicted octanol–water partition coefficient (Wildman–Crippen LogP) is 7.14. The summed E-state index contributed by atoms with van der Waals surface area (Å²) in [7, 11) is 0. The summed E-state index contributed by atoms with van der Waals surface area (Å²) in [5.41, 5.74) is 4.51. The molecule has 0 radical (unpaired) electrons. The lowest BCUT2D eigenvalue weighted by atomic mass is 10.1. The molecule has 3 aromatic carbocycles. The van der Waals surface area contributed by atoms with Crippen LogP contribution in [0.2, 0.25) is 0 Å². The number of ether oxygens (including phenoxy) is 2. The number of unbranched alkanes of at least 4 members (excludes halogenated alkanes) is 1. The summed E-state index contributed by atoms with van der Waals surface area (Å²) in [5, 5.41) is 0. The molecule has 1 aliphatic rings. The Hall–Kier alpha value is -3.29. The maximum absolute atomic E-state index is 13.6. The van der Waals surface area contributed by atoms with Crippen molar-refractivity contribution < 1.29 is 13.9 Å². The van der Waals surface area contributed by atoms with Gasteiger partial charge in [0.1, 0.15) is 11.6 Å². The van der Waals surface area contributed by atoms with Gasteiger partial charge in [0.15, 0.2) is 11.5 Å². The second-order valence-electron chi connectivity index (χ2n) is 9.27. The minimum absolute atomic E-state index is 0.238. The van der Waals surface area contributed by atoms with Crippen LogP contribution >= 0.6 is 11.8 Å². The zero-order valence-corrected chi connectivity index (χ0v) is 22.1. The Bertz CT molecular complexity index is 1320. The molecule has 192 valence electrons. The lowest BCUT2D eigenvalue weighted by Gasteiger charge is -2.24. The Balaban J connectivity index is 1.44. The lowest BCUT2D eigenvalue weighted by Crippen LogP contribution is -2.24. The first-order chi connectivity index (χ1) is 18.1. The Kier molecular flexibility index (Phi) is 8.12. The van der Waals surface area contributed by atoms with E-state index < -0.39 is 0 Å². The van der Waals surface area contributed by atoms with Gasteiger partial charge in [0.25, 0.3) is 0 Å². The van der Waals surface area contributed by atoms with Crippen LogP contribution in [0.1, 0.15) is 36.6 Å². The number of hydrogen-bond donors (Lipinski definition) is 0. The van der Waals surface area contributed by atoms with Gasteiger partial charge in [-0.3, -0.25) is 4.90 Å². The molecule has 0 aliphatic carbocycles. The maximum Gasteiger partial charge on any atom is 0.231 e. The van der Waals surface area contributed by atoms with Crippen LogP contribution in [0.25, 0.3) is 11.4 Å². The van der Waals surface area contributed by atoms with Crippen LogP contribution < -0.4 is 9.47 Å². The molecular formula is C30H32FN3O2S. The van der Waals surface area contributed by atoms with E-state index in [1.54, 1.807) is 11.8 Å². The van der Waals surface area contributed by atoms with Crippen molar-refractivity contribution in [2.24, 2.45) is 0 Å². The number of benzene rings is 3. The van der Waals surface area contributed by atoms with Gasteiger partial charge in [-0.1, -0.05) is 31.5 Å². The molecular weight excluding hydrogens is 485 g/mol. The zero-order chi connectivity index (χ0) is 25.6. The van der Waals surface area contributed by atoms with Gasteiger partial charge in [0.2, 0.25) is 6.79 Å². The van der Waals surface area contributed by atoms with Crippen LogP contribution in [0.15, 0.2) is 77.8 Å². The highest BCUT2D eigenvalue weighted by atomic mass is 32.2. The van der Waals surface area contributed by atoms with Crippen molar-refractivity contribution in [2.75, 3.05) is 13.0 Å². The monoisotopic (exact) mass is 517 g/mol. The molecule has 5 nitrogen and oxygen atoms in total.